The van der Waals surface area contributed by atoms with Gasteiger partial charge < -0.3 is 9.30 Å². The van der Waals surface area contributed by atoms with E-state index in [1.165, 1.54) is 28.3 Å². The molecule has 0 bridgehead atoms. The van der Waals surface area contributed by atoms with Crippen LogP contribution in [0.15, 0.2) is 39.9 Å². The van der Waals surface area contributed by atoms with Crippen LogP contribution in [0.2, 0.25) is 0 Å². The molecule has 1 aromatic carbocycles. The van der Waals surface area contributed by atoms with Gasteiger partial charge in [-0.1, -0.05) is 0 Å². The van der Waals surface area contributed by atoms with Crippen LogP contribution < -0.4 is 16.0 Å². The lowest BCUT2D eigenvalue weighted by Crippen LogP contribution is -2.29. The maximum Gasteiger partial charge on any atom is 0.329 e. The topological polar surface area (TPSA) is 123 Å². The highest BCUT2D eigenvalue weighted by molar-refractivity contribution is 6.06. The molecular formula is C18H15N5O4. The second-order valence-electron chi connectivity index (χ2n) is 5.69. The van der Waals surface area contributed by atoms with Crippen molar-refractivity contribution >= 4 is 23.0 Å². The number of nitrogens with zero attached hydrogens (tertiary/aromatic N) is 4. The molecule has 27 heavy (non-hydrogen) atoms. The average Bonchev–Trinajstić information content (AvgIpc) is 3.00. The Morgan fingerprint density at radius 2 is 1.96 bits per heavy atom. The van der Waals surface area contributed by atoms with Crippen molar-refractivity contribution in [3.8, 4) is 11.8 Å². The number of carbonyl (C=O) groups excluding carboxylic acids is 1. The highest BCUT2D eigenvalue weighted by Gasteiger charge is 2.13. The van der Waals surface area contributed by atoms with Crippen LogP contribution in [-0.4, -0.2) is 31.5 Å². The number of H-pyrrole nitrogens is 1. The number of imidazole rings is 1. The standard InChI is InChI=1S/C18H15N5O4/c1-22-14(20-16-15(22)17(25)21-18(26)23(16)2)8-7-13(24)11-3-5-12(6-4-11)27-10-9-19/h3-8H,10H2,1-2H3,(H,21,25,26)/b8-7+. The summed E-state index contributed by atoms with van der Waals surface area (Å²) in [5, 5.41) is 8.49. The minimum Gasteiger partial charge on any atom is -0.479 e. The van der Waals surface area contributed by atoms with Gasteiger partial charge in [0.05, 0.1) is 0 Å². The largest absolute Gasteiger partial charge is 0.479 e. The lowest BCUT2D eigenvalue weighted by molar-refractivity contribution is 0.104. The molecule has 0 amide bonds. The van der Waals surface area contributed by atoms with Gasteiger partial charge >= 0.3 is 5.69 Å². The van der Waals surface area contributed by atoms with E-state index in [1.807, 2.05) is 6.07 Å². The number of rotatable bonds is 5. The first-order valence-electron chi connectivity index (χ1n) is 7.90. The number of aromatic nitrogens is 4. The molecule has 0 aliphatic rings. The van der Waals surface area contributed by atoms with Gasteiger partial charge in [0.1, 0.15) is 17.6 Å². The van der Waals surface area contributed by atoms with Gasteiger partial charge in [0.25, 0.3) is 5.56 Å². The van der Waals surface area contributed by atoms with E-state index in [9.17, 15) is 14.4 Å². The number of aryl methyl sites for hydroxylation is 2. The van der Waals surface area contributed by atoms with Crippen LogP contribution in [0.4, 0.5) is 0 Å². The van der Waals surface area contributed by atoms with E-state index in [1.54, 1.807) is 31.3 Å². The lowest BCUT2D eigenvalue weighted by atomic mass is 10.1. The molecule has 0 aliphatic heterocycles. The Morgan fingerprint density at radius 1 is 1.26 bits per heavy atom. The Hall–Kier alpha value is -3.93. The molecule has 0 radical (unpaired) electrons. The van der Waals surface area contributed by atoms with Gasteiger partial charge in [-0.05, 0) is 36.4 Å². The molecule has 0 aliphatic carbocycles. The zero-order valence-electron chi connectivity index (χ0n) is 14.6. The first-order valence-corrected chi connectivity index (χ1v) is 7.90. The quantitative estimate of drug-likeness (QED) is 0.526. The highest BCUT2D eigenvalue weighted by atomic mass is 16.5. The average molecular weight is 365 g/mol. The molecule has 136 valence electrons. The zero-order valence-corrected chi connectivity index (χ0v) is 14.6. The molecule has 0 fully saturated rings. The fourth-order valence-corrected chi connectivity index (χ4v) is 2.55. The third-order valence-electron chi connectivity index (χ3n) is 4.00. The minimum absolute atomic E-state index is 0.0679. The van der Waals surface area contributed by atoms with Gasteiger partial charge in [-0.15, -0.1) is 0 Å². The predicted molar refractivity (Wildman–Crippen MR) is 97.5 cm³/mol. The van der Waals surface area contributed by atoms with Crippen molar-refractivity contribution in [2.45, 2.75) is 0 Å². The van der Waals surface area contributed by atoms with Gasteiger partial charge in [0.15, 0.2) is 23.6 Å². The summed E-state index contributed by atoms with van der Waals surface area (Å²) in [6.45, 7) is -0.0679. The number of ether oxygens (including phenoxy) is 1. The molecule has 3 aromatic rings. The molecule has 0 spiro atoms. The minimum atomic E-state index is -0.559. The number of nitriles is 1. The summed E-state index contributed by atoms with van der Waals surface area (Å²) in [5.41, 5.74) is -0.196. The summed E-state index contributed by atoms with van der Waals surface area (Å²) in [6.07, 6.45) is 2.81. The first-order chi connectivity index (χ1) is 12.9. The molecule has 2 heterocycles. The van der Waals surface area contributed by atoms with Crippen molar-refractivity contribution < 1.29 is 9.53 Å². The predicted octanol–water partition coefficient (Wildman–Crippen LogP) is 0.759. The third kappa shape index (κ3) is 3.41. The van der Waals surface area contributed by atoms with Crippen LogP contribution in [0.3, 0.4) is 0 Å². The van der Waals surface area contributed by atoms with E-state index in [0.29, 0.717) is 17.1 Å². The van der Waals surface area contributed by atoms with Crippen LogP contribution in [-0.2, 0) is 14.1 Å². The fraction of sp³-hybridized carbons (Fsp3) is 0.167. The van der Waals surface area contributed by atoms with Crippen molar-refractivity contribution in [1.82, 2.24) is 19.1 Å². The van der Waals surface area contributed by atoms with Crippen molar-refractivity contribution in [2.24, 2.45) is 14.1 Å². The highest BCUT2D eigenvalue weighted by Crippen LogP contribution is 2.14. The summed E-state index contributed by atoms with van der Waals surface area (Å²) >= 11 is 0. The Morgan fingerprint density at radius 3 is 2.63 bits per heavy atom. The maximum absolute atomic E-state index is 12.3. The fourth-order valence-electron chi connectivity index (χ4n) is 2.55. The Bertz CT molecular complexity index is 1210. The number of allylic oxidation sites excluding steroid dienone is 1. The molecule has 0 atom stereocenters. The molecule has 9 heteroatoms. The normalized spacial score (nSPS) is 11.0. The van der Waals surface area contributed by atoms with Crippen molar-refractivity contribution in [2.75, 3.05) is 6.61 Å². The monoisotopic (exact) mass is 365 g/mol. The SMILES string of the molecule is Cn1c(/C=C/C(=O)c2ccc(OCC#N)cc2)nc2c1c(=O)[nH]c(=O)n2C. The van der Waals surface area contributed by atoms with Crippen molar-refractivity contribution in [1.29, 1.82) is 5.26 Å². The Balaban J connectivity index is 1.89. The molecule has 0 unspecified atom stereocenters. The van der Waals surface area contributed by atoms with E-state index in [4.69, 9.17) is 10.00 Å². The number of benzene rings is 1. The number of ketones is 1. The Labute approximate surface area is 152 Å². The van der Waals surface area contributed by atoms with Crippen LogP contribution in [0.5, 0.6) is 5.75 Å². The first kappa shape index (κ1) is 17.9. The lowest BCUT2D eigenvalue weighted by Gasteiger charge is -2.01. The molecular weight excluding hydrogens is 350 g/mol. The number of nitrogens with one attached hydrogen (secondary N) is 1. The molecule has 1 N–H and O–H groups in total. The summed E-state index contributed by atoms with van der Waals surface area (Å²) < 4.78 is 7.88. The number of carbonyl (C=O) groups is 1. The van der Waals surface area contributed by atoms with E-state index >= 15 is 0 Å². The van der Waals surface area contributed by atoms with Crippen LogP contribution in [0.1, 0.15) is 16.2 Å². The van der Waals surface area contributed by atoms with E-state index < -0.39 is 11.2 Å². The van der Waals surface area contributed by atoms with E-state index in [2.05, 4.69) is 9.97 Å². The van der Waals surface area contributed by atoms with E-state index in [0.717, 1.165) is 0 Å². The second kappa shape index (κ2) is 7.13. The maximum atomic E-state index is 12.3. The zero-order chi connectivity index (χ0) is 19.6. The van der Waals surface area contributed by atoms with Crippen LogP contribution in [0.25, 0.3) is 17.2 Å². The third-order valence-corrected chi connectivity index (χ3v) is 4.00. The summed E-state index contributed by atoms with van der Waals surface area (Å²) in [4.78, 5) is 42.5. The smallest absolute Gasteiger partial charge is 0.329 e. The van der Waals surface area contributed by atoms with E-state index in [-0.39, 0.29) is 23.6 Å². The molecule has 3 rings (SSSR count). The Kier molecular flexibility index (Phi) is 4.72. The second-order valence-corrected chi connectivity index (χ2v) is 5.69. The van der Waals surface area contributed by atoms with Gasteiger partial charge in [0.2, 0.25) is 0 Å². The number of aromatic amines is 1. The van der Waals surface area contributed by atoms with Gasteiger partial charge in [-0.3, -0.25) is 19.1 Å². The van der Waals surface area contributed by atoms with Gasteiger partial charge in [-0.25, -0.2) is 9.78 Å². The van der Waals surface area contributed by atoms with Gasteiger partial charge in [-0.2, -0.15) is 5.26 Å². The summed E-state index contributed by atoms with van der Waals surface area (Å²) in [6, 6.07) is 8.24. The van der Waals surface area contributed by atoms with Gasteiger partial charge in [0, 0.05) is 19.7 Å². The molecule has 0 saturated carbocycles. The summed E-state index contributed by atoms with van der Waals surface area (Å²) in [7, 11) is 3.13. The van der Waals surface area contributed by atoms with Crippen LogP contribution in [0, 0.1) is 11.3 Å². The number of hydrogen-bond donors (Lipinski definition) is 1. The number of fused-ring (bicyclic) bond motifs is 1. The molecule has 0 saturated heterocycles. The molecule has 9 nitrogen and oxygen atoms in total. The van der Waals surface area contributed by atoms with Crippen molar-refractivity contribution in [3.63, 3.8) is 0 Å². The van der Waals surface area contributed by atoms with Crippen molar-refractivity contribution in [3.05, 3.63) is 62.6 Å². The molecule has 2 aromatic heterocycles. The van der Waals surface area contributed by atoms with Crippen LogP contribution >= 0.6 is 0 Å². The number of hydrogen-bond acceptors (Lipinski definition) is 6. The summed E-state index contributed by atoms with van der Waals surface area (Å²) in [5.74, 6) is 0.586.